The SMILES string of the molecule is COc1cccc(-c2cccc(C3(c4ccc(OS(=O)(=O)N5CCOCC5)cc4)N=C(N)N(C)C3=O)c2)c1. The van der Waals surface area contributed by atoms with E-state index in [9.17, 15) is 13.2 Å². The van der Waals surface area contributed by atoms with Crippen LogP contribution in [0.25, 0.3) is 11.1 Å². The summed E-state index contributed by atoms with van der Waals surface area (Å²) in [6.45, 7) is 1.08. The molecule has 1 saturated heterocycles. The monoisotopic (exact) mass is 536 g/mol. The van der Waals surface area contributed by atoms with Gasteiger partial charge in [-0.15, -0.1) is 0 Å². The average Bonchev–Trinajstić information content (AvgIpc) is 3.18. The Balaban J connectivity index is 1.53. The Morgan fingerprint density at radius 2 is 1.58 bits per heavy atom. The van der Waals surface area contributed by atoms with Crippen LogP contribution in [-0.2, 0) is 25.4 Å². The molecule has 2 N–H and O–H groups in total. The number of benzene rings is 3. The molecule has 3 aromatic carbocycles. The quantitative estimate of drug-likeness (QED) is 0.492. The van der Waals surface area contributed by atoms with Crippen molar-refractivity contribution in [3.63, 3.8) is 0 Å². The van der Waals surface area contributed by atoms with Gasteiger partial charge in [-0.25, -0.2) is 4.99 Å². The van der Waals surface area contributed by atoms with Crippen molar-refractivity contribution in [1.82, 2.24) is 9.21 Å². The van der Waals surface area contributed by atoms with Crippen LogP contribution in [0.4, 0.5) is 0 Å². The Bertz CT molecular complexity index is 1490. The first-order chi connectivity index (χ1) is 18.2. The van der Waals surface area contributed by atoms with E-state index in [4.69, 9.17) is 19.4 Å². The number of hydrogen-bond acceptors (Lipinski definition) is 8. The zero-order chi connectivity index (χ0) is 26.9. The molecule has 0 saturated carbocycles. The largest absolute Gasteiger partial charge is 0.497 e. The van der Waals surface area contributed by atoms with Crippen LogP contribution in [0.1, 0.15) is 11.1 Å². The van der Waals surface area contributed by atoms with Gasteiger partial charge in [0.25, 0.3) is 5.91 Å². The van der Waals surface area contributed by atoms with E-state index in [0.29, 0.717) is 30.1 Å². The van der Waals surface area contributed by atoms with Gasteiger partial charge in [0.15, 0.2) is 11.5 Å². The van der Waals surface area contributed by atoms with Crippen LogP contribution in [0.5, 0.6) is 11.5 Å². The molecular formula is C27H28N4O6S. The van der Waals surface area contributed by atoms with Gasteiger partial charge in [-0.1, -0.05) is 42.5 Å². The van der Waals surface area contributed by atoms with Gasteiger partial charge in [0.2, 0.25) is 0 Å². The maximum atomic E-state index is 13.7. The standard InChI is InChI=1S/C27H28N4O6S/c1-30-25(32)27(29-26(30)28,22-7-3-5-19(17-22)20-6-4-8-24(18-20)35-2)21-9-11-23(12-10-21)37-38(33,34)31-13-15-36-16-14-31/h3-12,17-18H,13-16H2,1-2H3,(H2,28,29). The first-order valence-electron chi connectivity index (χ1n) is 12.0. The predicted molar refractivity (Wildman–Crippen MR) is 142 cm³/mol. The van der Waals surface area contributed by atoms with Crippen LogP contribution >= 0.6 is 0 Å². The third-order valence-electron chi connectivity index (χ3n) is 6.68. The number of aliphatic imine (C=N–C) groups is 1. The molecule has 5 rings (SSSR count). The third kappa shape index (κ3) is 4.60. The summed E-state index contributed by atoms with van der Waals surface area (Å²) in [6.07, 6.45) is 0. The van der Waals surface area contributed by atoms with Crippen LogP contribution in [0, 0.1) is 0 Å². The molecule has 198 valence electrons. The lowest BCUT2D eigenvalue weighted by Gasteiger charge is -2.27. The fourth-order valence-electron chi connectivity index (χ4n) is 4.61. The van der Waals surface area contributed by atoms with Crippen LogP contribution in [-0.4, -0.2) is 70.0 Å². The van der Waals surface area contributed by atoms with Gasteiger partial charge in [0, 0.05) is 20.1 Å². The Morgan fingerprint density at radius 1 is 0.921 bits per heavy atom. The van der Waals surface area contributed by atoms with Crippen LogP contribution in [0.2, 0.25) is 0 Å². The molecule has 0 aliphatic carbocycles. The van der Waals surface area contributed by atoms with Crippen molar-refractivity contribution in [2.45, 2.75) is 5.54 Å². The maximum Gasteiger partial charge on any atom is 0.385 e. The number of likely N-dealkylation sites (N-methyl/N-ethyl adjacent to an activating group) is 1. The van der Waals surface area contributed by atoms with Gasteiger partial charge >= 0.3 is 10.3 Å². The molecule has 1 atom stereocenters. The van der Waals surface area contributed by atoms with Gasteiger partial charge in [-0.3, -0.25) is 9.69 Å². The number of nitrogens with zero attached hydrogens (tertiary/aromatic N) is 3. The predicted octanol–water partition coefficient (Wildman–Crippen LogP) is 2.35. The lowest BCUT2D eigenvalue weighted by atomic mass is 9.81. The summed E-state index contributed by atoms with van der Waals surface area (Å²) in [4.78, 5) is 19.6. The van der Waals surface area contributed by atoms with Crippen molar-refractivity contribution in [3.05, 3.63) is 83.9 Å². The van der Waals surface area contributed by atoms with E-state index >= 15 is 0 Å². The van der Waals surface area contributed by atoms with Crippen molar-refractivity contribution in [2.75, 3.05) is 40.5 Å². The number of carbonyl (C=O) groups excluding carboxylic acids is 1. The highest BCUT2D eigenvalue weighted by atomic mass is 32.2. The van der Waals surface area contributed by atoms with Crippen molar-refractivity contribution >= 4 is 22.2 Å². The Kier molecular flexibility index (Phi) is 6.82. The highest BCUT2D eigenvalue weighted by Gasteiger charge is 2.49. The summed E-state index contributed by atoms with van der Waals surface area (Å²) < 4.78 is 42.5. The average molecular weight is 537 g/mol. The minimum absolute atomic E-state index is 0.0806. The molecule has 38 heavy (non-hydrogen) atoms. The third-order valence-corrected chi connectivity index (χ3v) is 8.08. The first-order valence-corrected chi connectivity index (χ1v) is 13.4. The summed E-state index contributed by atoms with van der Waals surface area (Å²) in [5.41, 5.74) is 7.59. The zero-order valence-corrected chi connectivity index (χ0v) is 21.8. The van der Waals surface area contributed by atoms with Crippen molar-refractivity contribution in [1.29, 1.82) is 0 Å². The molecule has 0 bridgehead atoms. The molecule has 2 heterocycles. The summed E-state index contributed by atoms with van der Waals surface area (Å²) in [5.74, 6) is 0.588. The summed E-state index contributed by atoms with van der Waals surface area (Å²) in [5, 5.41) is 0. The van der Waals surface area contributed by atoms with Crippen molar-refractivity contribution < 1.29 is 26.9 Å². The minimum Gasteiger partial charge on any atom is -0.497 e. The van der Waals surface area contributed by atoms with Crippen LogP contribution in [0.15, 0.2) is 77.8 Å². The van der Waals surface area contributed by atoms with E-state index in [1.807, 2.05) is 48.5 Å². The molecule has 3 aromatic rings. The molecule has 10 nitrogen and oxygen atoms in total. The molecule has 1 amide bonds. The molecule has 1 fully saturated rings. The van der Waals surface area contributed by atoms with Crippen LogP contribution in [0.3, 0.4) is 0 Å². The van der Waals surface area contributed by atoms with Gasteiger partial charge < -0.3 is 19.4 Å². The highest BCUT2D eigenvalue weighted by Crippen LogP contribution is 2.41. The molecule has 1 unspecified atom stereocenters. The normalized spacial score (nSPS) is 20.3. The number of morpholine rings is 1. The number of amides is 1. The second-order valence-electron chi connectivity index (χ2n) is 8.93. The number of ether oxygens (including phenoxy) is 2. The fourth-order valence-corrected chi connectivity index (χ4v) is 5.66. The molecule has 2 aliphatic rings. The molecule has 2 aliphatic heterocycles. The van der Waals surface area contributed by atoms with E-state index in [1.54, 1.807) is 26.3 Å². The zero-order valence-electron chi connectivity index (χ0n) is 21.0. The van der Waals surface area contributed by atoms with E-state index in [2.05, 4.69) is 4.99 Å². The van der Waals surface area contributed by atoms with Crippen molar-refractivity contribution in [3.8, 4) is 22.6 Å². The van der Waals surface area contributed by atoms with Gasteiger partial charge in [0.1, 0.15) is 11.5 Å². The Morgan fingerprint density at radius 3 is 2.21 bits per heavy atom. The summed E-state index contributed by atoms with van der Waals surface area (Å²) in [7, 11) is -0.809. The molecule has 0 aromatic heterocycles. The van der Waals surface area contributed by atoms with Gasteiger partial charge in [-0.05, 0) is 52.6 Å². The first kappa shape index (κ1) is 25.7. The van der Waals surface area contributed by atoms with E-state index in [-0.39, 0.29) is 30.7 Å². The Hall–Kier alpha value is -3.93. The number of nitrogens with two attached hydrogens (primary N) is 1. The molecule has 0 spiro atoms. The number of hydrogen-bond donors (Lipinski definition) is 1. The lowest BCUT2D eigenvalue weighted by Crippen LogP contribution is -2.42. The van der Waals surface area contributed by atoms with E-state index in [1.165, 1.54) is 21.3 Å². The van der Waals surface area contributed by atoms with E-state index in [0.717, 1.165) is 11.1 Å². The highest BCUT2D eigenvalue weighted by molar-refractivity contribution is 7.84. The van der Waals surface area contributed by atoms with Gasteiger partial charge in [0.05, 0.1) is 20.3 Å². The lowest BCUT2D eigenvalue weighted by molar-refractivity contribution is -0.129. The molecule has 11 heteroatoms. The van der Waals surface area contributed by atoms with Crippen LogP contribution < -0.4 is 14.7 Å². The number of guanidine groups is 1. The van der Waals surface area contributed by atoms with Crippen molar-refractivity contribution in [2.24, 2.45) is 10.7 Å². The van der Waals surface area contributed by atoms with Gasteiger partial charge in [-0.2, -0.15) is 12.7 Å². The minimum atomic E-state index is -3.99. The number of rotatable bonds is 7. The second-order valence-corrected chi connectivity index (χ2v) is 10.5. The molecule has 0 radical (unpaired) electrons. The second kappa shape index (κ2) is 10.1. The smallest absolute Gasteiger partial charge is 0.385 e. The van der Waals surface area contributed by atoms with E-state index < -0.39 is 15.8 Å². The summed E-state index contributed by atoms with van der Waals surface area (Å²) in [6, 6.07) is 21.4. The fraction of sp³-hybridized carbons (Fsp3) is 0.259. The summed E-state index contributed by atoms with van der Waals surface area (Å²) >= 11 is 0. The maximum absolute atomic E-state index is 13.7. The number of carbonyl (C=O) groups is 1. The topological polar surface area (TPSA) is 124 Å². The number of methoxy groups -OCH3 is 1. The molecular weight excluding hydrogens is 508 g/mol. The Labute approximate surface area is 221 Å².